The largest absolute Gasteiger partial charge is 0.393 e. The highest BCUT2D eigenvalue weighted by atomic mass is 16.6. The molecule has 0 aliphatic heterocycles. The quantitative estimate of drug-likeness (QED) is 0.208. The summed E-state index contributed by atoms with van der Waals surface area (Å²) in [4.78, 5) is 9.48. The third-order valence-electron chi connectivity index (χ3n) is 2.85. The van der Waals surface area contributed by atoms with Crippen molar-refractivity contribution in [2.24, 2.45) is 0 Å². The fourth-order valence-electron chi connectivity index (χ4n) is 1.84. The first-order valence-corrected chi connectivity index (χ1v) is 4.46. The molecule has 1 aliphatic carbocycles. The van der Waals surface area contributed by atoms with Crippen molar-refractivity contribution in [1.29, 1.82) is 0 Å². The molecule has 1 saturated carbocycles. The van der Waals surface area contributed by atoms with Gasteiger partial charge in [-0.2, -0.15) is 0 Å². The van der Waals surface area contributed by atoms with Gasteiger partial charge in [-0.25, -0.2) is 0 Å². The normalized spacial score (nSPS) is 49.0. The van der Waals surface area contributed by atoms with Crippen LogP contribution in [0.25, 0.3) is 0 Å². The molecule has 6 N–H and O–H groups in total. The molecule has 9 heteroatoms. The summed E-state index contributed by atoms with van der Waals surface area (Å²) in [6, 6.07) is -2.19. The Morgan fingerprint density at radius 2 is 1.62 bits per heavy atom. The van der Waals surface area contributed by atoms with E-state index in [9.17, 15) is 35.6 Å². The van der Waals surface area contributed by atoms with Crippen LogP contribution in [0.1, 0.15) is 0 Å². The highest BCUT2D eigenvalue weighted by Crippen LogP contribution is 2.31. The molecule has 0 unspecified atom stereocenters. The van der Waals surface area contributed by atoms with E-state index in [1.54, 1.807) is 0 Å². The van der Waals surface area contributed by atoms with E-state index >= 15 is 0 Å². The topological polar surface area (TPSA) is 165 Å². The standard InChI is InChI=1S/C7H13NO8/c9-1-7(14)5(8(15)16)3(11)2(10)4(12)6(7)13/h2-6,9-14H,1H2/t2-,3+,4-,5-,6+,7-/m1/s1. The molecule has 0 aromatic heterocycles. The van der Waals surface area contributed by atoms with Gasteiger partial charge in [-0.3, -0.25) is 10.1 Å². The summed E-state index contributed by atoms with van der Waals surface area (Å²) >= 11 is 0. The van der Waals surface area contributed by atoms with Crippen LogP contribution in [0.3, 0.4) is 0 Å². The van der Waals surface area contributed by atoms with Gasteiger partial charge in [-0.15, -0.1) is 0 Å². The van der Waals surface area contributed by atoms with Crippen molar-refractivity contribution in [2.45, 2.75) is 36.1 Å². The molecular formula is C7H13NO8. The average Bonchev–Trinajstić information content (AvgIpc) is 2.23. The predicted octanol–water partition coefficient (Wildman–Crippen LogP) is -4.19. The van der Waals surface area contributed by atoms with Gasteiger partial charge >= 0.3 is 0 Å². The molecule has 0 aromatic rings. The second-order valence-electron chi connectivity index (χ2n) is 3.80. The summed E-state index contributed by atoms with van der Waals surface area (Å²) in [6.07, 6.45) is -8.18. The summed E-state index contributed by atoms with van der Waals surface area (Å²) in [5.74, 6) is 0. The highest BCUT2D eigenvalue weighted by molar-refractivity contribution is 5.08. The lowest BCUT2D eigenvalue weighted by Crippen LogP contribution is -2.74. The maximum absolute atomic E-state index is 10.6. The van der Waals surface area contributed by atoms with Crippen LogP contribution in [0.4, 0.5) is 0 Å². The fraction of sp³-hybridized carbons (Fsp3) is 1.00. The average molecular weight is 239 g/mol. The van der Waals surface area contributed by atoms with E-state index in [-0.39, 0.29) is 0 Å². The van der Waals surface area contributed by atoms with E-state index in [1.165, 1.54) is 0 Å². The third-order valence-corrected chi connectivity index (χ3v) is 2.85. The van der Waals surface area contributed by atoms with Crippen LogP contribution in [0, 0.1) is 10.1 Å². The smallest absolute Gasteiger partial charge is 0.274 e. The van der Waals surface area contributed by atoms with Gasteiger partial charge in [0.2, 0.25) is 0 Å². The first kappa shape index (κ1) is 13.2. The van der Waals surface area contributed by atoms with Gasteiger partial charge in [0.05, 0.1) is 6.61 Å². The van der Waals surface area contributed by atoms with Crippen molar-refractivity contribution in [3.63, 3.8) is 0 Å². The summed E-state index contributed by atoms with van der Waals surface area (Å²) in [7, 11) is 0. The Balaban J connectivity index is 3.16. The minimum Gasteiger partial charge on any atom is -0.393 e. The van der Waals surface area contributed by atoms with Gasteiger partial charge in [0.25, 0.3) is 6.04 Å². The third kappa shape index (κ3) is 1.67. The van der Waals surface area contributed by atoms with E-state index in [0.717, 1.165) is 0 Å². The minimum absolute atomic E-state index is 1.13. The van der Waals surface area contributed by atoms with Gasteiger partial charge in [0, 0.05) is 4.92 Å². The van der Waals surface area contributed by atoms with E-state index < -0.39 is 47.6 Å². The van der Waals surface area contributed by atoms with E-state index in [0.29, 0.717) is 0 Å². The molecule has 9 nitrogen and oxygen atoms in total. The molecule has 16 heavy (non-hydrogen) atoms. The van der Waals surface area contributed by atoms with Crippen molar-refractivity contribution in [3.05, 3.63) is 10.1 Å². The molecule has 0 saturated heterocycles. The zero-order chi connectivity index (χ0) is 12.7. The van der Waals surface area contributed by atoms with E-state index in [1.807, 2.05) is 0 Å². The Bertz CT molecular complexity index is 286. The first-order chi connectivity index (χ1) is 7.27. The fourth-order valence-corrected chi connectivity index (χ4v) is 1.84. The Morgan fingerprint density at radius 1 is 1.12 bits per heavy atom. The molecule has 0 heterocycles. The second kappa shape index (κ2) is 4.20. The van der Waals surface area contributed by atoms with Crippen LogP contribution in [-0.2, 0) is 0 Å². The molecule has 0 amide bonds. The molecule has 6 atom stereocenters. The summed E-state index contributed by atoms with van der Waals surface area (Å²) in [5, 5.41) is 66.2. The van der Waals surface area contributed by atoms with Crippen molar-refractivity contribution in [1.82, 2.24) is 0 Å². The number of nitrogens with zero attached hydrogens (tertiary/aromatic N) is 1. The summed E-state index contributed by atoms with van der Waals surface area (Å²) < 4.78 is 0. The number of hydrogen-bond acceptors (Lipinski definition) is 8. The highest BCUT2D eigenvalue weighted by Gasteiger charge is 2.64. The van der Waals surface area contributed by atoms with E-state index in [2.05, 4.69) is 0 Å². The van der Waals surface area contributed by atoms with Crippen molar-refractivity contribution in [2.75, 3.05) is 6.61 Å². The molecule has 0 bridgehead atoms. The zero-order valence-corrected chi connectivity index (χ0v) is 8.04. The molecule has 0 aromatic carbocycles. The van der Waals surface area contributed by atoms with Crippen molar-refractivity contribution < 1.29 is 35.6 Å². The summed E-state index contributed by atoms with van der Waals surface area (Å²) in [5.41, 5.74) is -2.71. The number of hydrogen-bond donors (Lipinski definition) is 6. The molecule has 1 fully saturated rings. The Labute approximate surface area is 89.3 Å². The van der Waals surface area contributed by atoms with Crippen LogP contribution >= 0.6 is 0 Å². The number of rotatable bonds is 2. The molecule has 1 aliphatic rings. The lowest BCUT2D eigenvalue weighted by atomic mass is 9.74. The van der Waals surface area contributed by atoms with Crippen molar-refractivity contribution in [3.8, 4) is 0 Å². The molecule has 0 radical (unpaired) electrons. The van der Waals surface area contributed by atoms with Gasteiger partial charge in [0.1, 0.15) is 18.3 Å². The lowest BCUT2D eigenvalue weighted by Gasteiger charge is -2.44. The molecule has 94 valence electrons. The Kier molecular flexibility index (Phi) is 3.47. The van der Waals surface area contributed by atoms with Crippen LogP contribution in [0.2, 0.25) is 0 Å². The molecule has 0 spiro atoms. The first-order valence-electron chi connectivity index (χ1n) is 4.46. The second-order valence-corrected chi connectivity index (χ2v) is 3.80. The SMILES string of the molecule is O=[N+]([O-])[C@@H]1[C@@H](O)[C@@H](O)[C@@H](O)[C@H](O)[C@@]1(O)CO. The predicted molar refractivity (Wildman–Crippen MR) is 46.8 cm³/mol. The Morgan fingerprint density at radius 3 is 2.00 bits per heavy atom. The maximum Gasteiger partial charge on any atom is 0.274 e. The van der Waals surface area contributed by atoms with Crippen LogP contribution < -0.4 is 0 Å². The van der Waals surface area contributed by atoms with Crippen LogP contribution in [0.5, 0.6) is 0 Å². The van der Waals surface area contributed by atoms with E-state index in [4.69, 9.17) is 5.11 Å². The maximum atomic E-state index is 10.6. The van der Waals surface area contributed by atoms with Crippen molar-refractivity contribution >= 4 is 0 Å². The van der Waals surface area contributed by atoms with Gasteiger partial charge in [-0.1, -0.05) is 0 Å². The number of aliphatic hydroxyl groups is 6. The molecule has 1 rings (SSSR count). The van der Waals surface area contributed by atoms with Crippen LogP contribution in [-0.4, -0.2) is 78.2 Å². The number of nitro groups is 1. The zero-order valence-electron chi connectivity index (χ0n) is 8.04. The summed E-state index contributed by atoms with van der Waals surface area (Å²) in [6.45, 7) is -1.24. The lowest BCUT2D eigenvalue weighted by molar-refractivity contribution is -0.572. The van der Waals surface area contributed by atoms with Gasteiger partial charge in [-0.05, 0) is 0 Å². The Hall–Kier alpha value is -0.840. The van der Waals surface area contributed by atoms with Crippen LogP contribution in [0.15, 0.2) is 0 Å². The monoisotopic (exact) mass is 239 g/mol. The minimum atomic E-state index is -2.71. The molecular weight excluding hydrogens is 226 g/mol. The van der Waals surface area contributed by atoms with Gasteiger partial charge < -0.3 is 30.6 Å². The van der Waals surface area contributed by atoms with Gasteiger partial charge in [0.15, 0.2) is 11.7 Å². The number of aliphatic hydroxyl groups excluding tert-OH is 5.